The van der Waals surface area contributed by atoms with Crippen LogP contribution in [0.4, 0.5) is 15.8 Å². The lowest BCUT2D eigenvalue weighted by Crippen LogP contribution is -2.53. The van der Waals surface area contributed by atoms with Gasteiger partial charge in [0.15, 0.2) is 17.5 Å². The van der Waals surface area contributed by atoms with Crippen molar-refractivity contribution in [2.75, 3.05) is 38.1 Å². The molecule has 1 aromatic rings. The normalized spacial score (nSPS) is 23.6. The molecule has 132 valence electrons. The number of anilines is 1. The van der Waals surface area contributed by atoms with Gasteiger partial charge in [-0.3, -0.25) is 9.89 Å². The number of halogens is 2. The van der Waals surface area contributed by atoms with Crippen molar-refractivity contribution in [2.45, 2.75) is 19.9 Å². The molecule has 1 unspecified atom stereocenters. The number of likely N-dealkylation sites (N-methyl/N-ethyl adjacent to an activating group) is 1. The molecular weight excluding hydrogens is 341 g/mol. The minimum atomic E-state index is -0.405. The molecule has 1 saturated heterocycles. The Morgan fingerprint density at radius 3 is 2.60 bits per heavy atom. The lowest BCUT2D eigenvalue weighted by atomic mass is 10.1. The van der Waals surface area contributed by atoms with E-state index in [1.807, 2.05) is 18.0 Å². The summed E-state index contributed by atoms with van der Waals surface area (Å²) in [6.07, 6.45) is 2.02. The van der Waals surface area contributed by atoms with E-state index in [1.165, 1.54) is 6.07 Å². The van der Waals surface area contributed by atoms with Crippen LogP contribution in [0.2, 0.25) is 5.02 Å². The summed E-state index contributed by atoms with van der Waals surface area (Å²) in [5.74, 6) is 1.12. The topological polar surface area (TPSA) is 34.4 Å². The second-order valence-corrected chi connectivity index (χ2v) is 7.29. The molecule has 0 amide bonds. The fourth-order valence-corrected chi connectivity index (χ4v) is 3.50. The second kappa shape index (κ2) is 6.11. The van der Waals surface area contributed by atoms with E-state index in [0.29, 0.717) is 16.4 Å². The van der Waals surface area contributed by atoms with E-state index in [4.69, 9.17) is 16.6 Å². The van der Waals surface area contributed by atoms with Gasteiger partial charge in [0.1, 0.15) is 5.69 Å². The number of aliphatic imine (C=N–C) groups is 2. The lowest BCUT2D eigenvalue weighted by molar-refractivity contribution is 0.217. The van der Waals surface area contributed by atoms with Crippen molar-refractivity contribution < 1.29 is 4.39 Å². The zero-order chi connectivity index (χ0) is 17.7. The molecule has 0 saturated carbocycles. The Bertz CT molecular complexity index is 808. The molecule has 1 atom stereocenters. The summed E-state index contributed by atoms with van der Waals surface area (Å²) in [7, 11) is 2.11. The molecule has 0 N–H and O–H groups in total. The van der Waals surface area contributed by atoms with Gasteiger partial charge in [-0.2, -0.15) is 0 Å². The Labute approximate surface area is 152 Å². The first-order chi connectivity index (χ1) is 11.9. The number of benzene rings is 1. The van der Waals surface area contributed by atoms with Crippen molar-refractivity contribution in [1.29, 1.82) is 0 Å². The largest absolute Gasteiger partial charge is 0.351 e. The average molecular weight is 362 g/mol. The van der Waals surface area contributed by atoms with Crippen molar-refractivity contribution in [1.82, 2.24) is 9.80 Å². The predicted molar refractivity (Wildman–Crippen MR) is 101 cm³/mol. The van der Waals surface area contributed by atoms with Crippen molar-refractivity contribution in [2.24, 2.45) is 9.98 Å². The molecule has 0 aromatic heterocycles. The van der Waals surface area contributed by atoms with Gasteiger partial charge in [-0.1, -0.05) is 11.6 Å². The van der Waals surface area contributed by atoms with Crippen LogP contribution in [0.15, 0.2) is 33.9 Å². The molecule has 0 aliphatic carbocycles. The molecule has 3 aliphatic rings. The third-order valence-corrected chi connectivity index (χ3v) is 5.24. The first-order valence-electron chi connectivity index (χ1n) is 8.51. The van der Waals surface area contributed by atoms with Crippen LogP contribution in [0.3, 0.4) is 0 Å². The molecule has 7 heteroatoms. The Kier molecular flexibility index (Phi) is 4.04. The maximum absolute atomic E-state index is 14.6. The van der Waals surface area contributed by atoms with E-state index in [0.717, 1.165) is 43.4 Å². The van der Waals surface area contributed by atoms with E-state index >= 15 is 0 Å². The van der Waals surface area contributed by atoms with E-state index in [-0.39, 0.29) is 6.04 Å². The molecule has 0 radical (unpaired) electrons. The van der Waals surface area contributed by atoms with Crippen molar-refractivity contribution in [3.8, 4) is 0 Å². The minimum absolute atomic E-state index is 0.0782. The first-order valence-corrected chi connectivity index (χ1v) is 8.89. The molecule has 5 nitrogen and oxygen atoms in total. The van der Waals surface area contributed by atoms with Crippen molar-refractivity contribution in [3.63, 3.8) is 0 Å². The monoisotopic (exact) mass is 361 g/mol. The van der Waals surface area contributed by atoms with Gasteiger partial charge >= 0.3 is 0 Å². The summed E-state index contributed by atoms with van der Waals surface area (Å²) < 4.78 is 14.6. The number of nitrogens with zero attached hydrogens (tertiary/aromatic N) is 5. The molecule has 3 heterocycles. The number of hydrogen-bond acceptors (Lipinski definition) is 5. The van der Waals surface area contributed by atoms with E-state index in [9.17, 15) is 4.39 Å². The SMILES string of the molecule is CC1=CN2C(=NC1C)C(N1CCN(C)CC1)=Nc1c(F)cc(Cl)cc12. The molecule has 3 aliphatic heterocycles. The minimum Gasteiger partial charge on any atom is -0.351 e. The van der Waals surface area contributed by atoms with Crippen LogP contribution in [0.25, 0.3) is 0 Å². The molecular formula is C18H21ClFN5. The van der Waals surface area contributed by atoms with E-state index < -0.39 is 5.82 Å². The fraction of sp³-hybridized carbons (Fsp3) is 0.444. The second-order valence-electron chi connectivity index (χ2n) is 6.85. The summed E-state index contributed by atoms with van der Waals surface area (Å²) in [5.41, 5.74) is 2.10. The molecule has 1 aromatic carbocycles. The summed E-state index contributed by atoms with van der Waals surface area (Å²) in [6.45, 7) is 7.70. The van der Waals surface area contributed by atoms with Gasteiger partial charge < -0.3 is 9.80 Å². The predicted octanol–water partition coefficient (Wildman–Crippen LogP) is 3.28. The number of rotatable bonds is 0. The van der Waals surface area contributed by atoms with E-state index in [1.54, 1.807) is 6.07 Å². The molecule has 25 heavy (non-hydrogen) atoms. The third-order valence-electron chi connectivity index (χ3n) is 5.02. The van der Waals surface area contributed by atoms with Crippen LogP contribution >= 0.6 is 11.6 Å². The number of fused-ring (bicyclic) bond motifs is 3. The van der Waals surface area contributed by atoms with Crippen LogP contribution in [-0.2, 0) is 0 Å². The molecule has 4 rings (SSSR count). The first kappa shape index (κ1) is 16.5. The zero-order valence-electron chi connectivity index (χ0n) is 14.6. The highest BCUT2D eigenvalue weighted by Crippen LogP contribution is 2.40. The van der Waals surface area contributed by atoms with Gasteiger partial charge in [-0.25, -0.2) is 9.38 Å². The van der Waals surface area contributed by atoms with Crippen LogP contribution in [0.1, 0.15) is 13.8 Å². The van der Waals surface area contributed by atoms with Gasteiger partial charge in [-0.05, 0) is 38.6 Å². The third kappa shape index (κ3) is 2.83. The number of piperazine rings is 1. The maximum atomic E-state index is 14.6. The Morgan fingerprint density at radius 1 is 1.16 bits per heavy atom. The van der Waals surface area contributed by atoms with E-state index in [2.05, 4.69) is 28.8 Å². The smallest absolute Gasteiger partial charge is 0.176 e. The zero-order valence-corrected chi connectivity index (χ0v) is 15.4. The maximum Gasteiger partial charge on any atom is 0.176 e. The van der Waals surface area contributed by atoms with Crippen molar-refractivity contribution in [3.05, 3.63) is 34.7 Å². The molecule has 1 fully saturated rings. The average Bonchev–Trinajstić information content (AvgIpc) is 2.57. The van der Waals surface area contributed by atoms with Gasteiger partial charge in [0.25, 0.3) is 0 Å². The highest BCUT2D eigenvalue weighted by atomic mass is 35.5. The van der Waals surface area contributed by atoms with Gasteiger partial charge in [0, 0.05) is 37.4 Å². The van der Waals surface area contributed by atoms with Gasteiger partial charge in [-0.15, -0.1) is 0 Å². The summed E-state index contributed by atoms with van der Waals surface area (Å²) in [4.78, 5) is 15.9. The standard InChI is InChI=1S/C18H21ClFN5/c1-11-10-25-15-9-13(19)8-14(20)16(15)22-17(18(25)21-12(11)2)24-6-4-23(3)5-7-24/h8-10,12H,4-7H2,1-3H3. The number of hydrogen-bond donors (Lipinski definition) is 0. The van der Waals surface area contributed by atoms with Crippen LogP contribution < -0.4 is 4.90 Å². The Balaban J connectivity index is 1.85. The fourth-order valence-electron chi connectivity index (χ4n) is 3.30. The van der Waals surface area contributed by atoms with Crippen LogP contribution in [-0.4, -0.2) is 60.7 Å². The van der Waals surface area contributed by atoms with Crippen molar-refractivity contribution >= 4 is 34.6 Å². The summed E-state index contributed by atoms with van der Waals surface area (Å²) >= 11 is 6.09. The molecule has 0 spiro atoms. The van der Waals surface area contributed by atoms with Gasteiger partial charge in [0.05, 0.1) is 11.7 Å². The lowest BCUT2D eigenvalue weighted by Gasteiger charge is -2.40. The number of amidine groups is 2. The Hall–Kier alpha value is -1.92. The summed E-state index contributed by atoms with van der Waals surface area (Å²) in [6, 6.07) is 3.14. The quantitative estimate of drug-likeness (QED) is 0.711. The highest BCUT2D eigenvalue weighted by molar-refractivity contribution is 6.48. The highest BCUT2D eigenvalue weighted by Gasteiger charge is 2.34. The van der Waals surface area contributed by atoms with Gasteiger partial charge in [0.2, 0.25) is 0 Å². The van der Waals surface area contributed by atoms with Crippen LogP contribution in [0.5, 0.6) is 0 Å². The Morgan fingerprint density at radius 2 is 1.88 bits per heavy atom. The summed E-state index contributed by atoms with van der Waals surface area (Å²) in [5, 5.41) is 0.360. The molecule has 0 bridgehead atoms. The van der Waals surface area contributed by atoms with Crippen LogP contribution in [0, 0.1) is 5.82 Å².